The summed E-state index contributed by atoms with van der Waals surface area (Å²) in [7, 11) is 0. The first-order valence-corrected chi connectivity index (χ1v) is 7.24. The number of rotatable bonds is 5. The van der Waals surface area contributed by atoms with Crippen LogP contribution in [0, 0.1) is 23.5 Å². The number of hydrogen-bond acceptors (Lipinski definition) is 3. The zero-order chi connectivity index (χ0) is 16.4. The van der Waals surface area contributed by atoms with Gasteiger partial charge in [-0.05, 0) is 25.3 Å². The summed E-state index contributed by atoms with van der Waals surface area (Å²) in [4.78, 5) is 2.52. The fourth-order valence-corrected chi connectivity index (χ4v) is 2.26. The highest BCUT2D eigenvalue weighted by Crippen LogP contribution is 2.29. The molecule has 1 aliphatic carbocycles. The lowest BCUT2D eigenvalue weighted by Crippen LogP contribution is -2.25. The van der Waals surface area contributed by atoms with Crippen LogP contribution in [-0.4, -0.2) is 11.1 Å². The van der Waals surface area contributed by atoms with Gasteiger partial charge in [0.1, 0.15) is 11.4 Å². The molecule has 3 rings (SSSR count). The second-order valence-corrected chi connectivity index (χ2v) is 5.33. The van der Waals surface area contributed by atoms with Crippen molar-refractivity contribution in [3.05, 3.63) is 53.4 Å². The molecule has 0 radical (unpaired) electrons. The fourth-order valence-electron chi connectivity index (χ4n) is 2.26. The summed E-state index contributed by atoms with van der Waals surface area (Å²) in [6.07, 6.45) is 3.18. The van der Waals surface area contributed by atoms with Crippen molar-refractivity contribution in [2.75, 3.05) is 5.32 Å². The van der Waals surface area contributed by atoms with Gasteiger partial charge in [0.2, 0.25) is 11.6 Å². The fraction of sp³-hybridized carbons (Fsp3) is 0.312. The quantitative estimate of drug-likeness (QED) is 0.661. The zero-order valence-electron chi connectivity index (χ0n) is 12.1. The summed E-state index contributed by atoms with van der Waals surface area (Å²) in [6.45, 7) is -0.0420. The Balaban J connectivity index is 1.79. The lowest BCUT2D eigenvalue weighted by atomic mass is 9.96. The van der Waals surface area contributed by atoms with Crippen molar-refractivity contribution in [2.24, 2.45) is 0 Å². The highest BCUT2D eigenvalue weighted by atomic mass is 19.2. The molecule has 0 spiro atoms. The van der Waals surface area contributed by atoms with Crippen LogP contribution < -0.4 is 10.1 Å². The number of hydrogen-bond donors (Lipinski definition) is 1. The van der Waals surface area contributed by atoms with E-state index < -0.39 is 29.2 Å². The molecule has 0 unspecified atom stereocenters. The number of halogens is 4. The van der Waals surface area contributed by atoms with E-state index in [1.165, 1.54) is 0 Å². The minimum atomic E-state index is -1.69. The predicted molar refractivity (Wildman–Crippen MR) is 76.1 cm³/mol. The van der Waals surface area contributed by atoms with E-state index in [2.05, 4.69) is 10.3 Å². The zero-order valence-corrected chi connectivity index (χ0v) is 12.1. The molecule has 3 nitrogen and oxygen atoms in total. The maximum absolute atomic E-state index is 13.6. The molecule has 0 aliphatic heterocycles. The Hall–Kier alpha value is -2.31. The van der Waals surface area contributed by atoms with Gasteiger partial charge in [-0.25, -0.2) is 0 Å². The second kappa shape index (κ2) is 6.44. The minimum absolute atomic E-state index is 0.0420. The van der Waals surface area contributed by atoms with Crippen molar-refractivity contribution in [2.45, 2.75) is 31.9 Å². The number of para-hydroxylation sites is 1. The van der Waals surface area contributed by atoms with E-state index in [9.17, 15) is 17.6 Å². The Kier molecular flexibility index (Phi) is 4.36. The van der Waals surface area contributed by atoms with E-state index in [1.807, 2.05) is 0 Å². The van der Waals surface area contributed by atoms with Crippen molar-refractivity contribution in [1.82, 2.24) is 4.98 Å². The standard InChI is InChI=1S/C16H14F4N2O/c17-12-14(13(18)16(20)22-15(12)19)21-8-9-4-1-2-7-11(9)23-10-5-3-6-10/h1-2,4,7,10H,3,5-6,8H2,(H,21,22). The van der Waals surface area contributed by atoms with Gasteiger partial charge < -0.3 is 10.1 Å². The summed E-state index contributed by atoms with van der Waals surface area (Å²) in [6, 6.07) is 6.98. The van der Waals surface area contributed by atoms with Crippen molar-refractivity contribution in [1.29, 1.82) is 0 Å². The van der Waals surface area contributed by atoms with Crippen LogP contribution >= 0.6 is 0 Å². The number of pyridine rings is 1. The molecule has 1 N–H and O–H groups in total. The molecule has 122 valence electrons. The third kappa shape index (κ3) is 3.23. The van der Waals surface area contributed by atoms with E-state index in [1.54, 1.807) is 24.3 Å². The van der Waals surface area contributed by atoms with Crippen molar-refractivity contribution in [3.8, 4) is 5.75 Å². The topological polar surface area (TPSA) is 34.2 Å². The van der Waals surface area contributed by atoms with Gasteiger partial charge in [0.25, 0.3) is 11.9 Å². The van der Waals surface area contributed by atoms with E-state index in [-0.39, 0.29) is 12.6 Å². The largest absolute Gasteiger partial charge is 0.490 e. The van der Waals surface area contributed by atoms with Crippen molar-refractivity contribution in [3.63, 3.8) is 0 Å². The summed E-state index contributed by atoms with van der Waals surface area (Å²) in [5.41, 5.74) is -0.246. The molecule has 0 bridgehead atoms. The second-order valence-electron chi connectivity index (χ2n) is 5.33. The molecule has 1 aromatic heterocycles. The van der Waals surface area contributed by atoms with Crippen LogP contribution in [0.3, 0.4) is 0 Å². The smallest absolute Gasteiger partial charge is 0.253 e. The Bertz CT molecular complexity index is 693. The maximum atomic E-state index is 13.6. The molecule has 7 heteroatoms. The molecule has 0 amide bonds. The molecular weight excluding hydrogens is 312 g/mol. The third-order valence-corrected chi connectivity index (χ3v) is 3.77. The monoisotopic (exact) mass is 326 g/mol. The van der Waals surface area contributed by atoms with Gasteiger partial charge in [-0.3, -0.25) is 0 Å². The van der Waals surface area contributed by atoms with Gasteiger partial charge in [-0.1, -0.05) is 18.2 Å². The van der Waals surface area contributed by atoms with Gasteiger partial charge >= 0.3 is 0 Å². The van der Waals surface area contributed by atoms with E-state index in [0.717, 1.165) is 19.3 Å². The number of ether oxygens (including phenoxy) is 1. The van der Waals surface area contributed by atoms with Gasteiger partial charge in [-0.15, -0.1) is 0 Å². The number of anilines is 1. The predicted octanol–water partition coefficient (Wildman–Crippen LogP) is 4.18. The molecule has 0 saturated heterocycles. The number of nitrogens with zero attached hydrogens (tertiary/aromatic N) is 1. The van der Waals surface area contributed by atoms with Crippen LogP contribution in [0.15, 0.2) is 24.3 Å². The minimum Gasteiger partial charge on any atom is -0.490 e. The summed E-state index contributed by atoms with van der Waals surface area (Å²) in [5.74, 6) is -5.90. The molecule has 1 fully saturated rings. The van der Waals surface area contributed by atoms with E-state index >= 15 is 0 Å². The average Bonchev–Trinajstić information content (AvgIpc) is 2.50. The summed E-state index contributed by atoms with van der Waals surface area (Å²) >= 11 is 0. The van der Waals surface area contributed by atoms with Crippen LogP contribution in [0.4, 0.5) is 23.2 Å². The maximum Gasteiger partial charge on any atom is 0.253 e. The van der Waals surface area contributed by atoms with Crippen LogP contribution in [0.5, 0.6) is 5.75 Å². The van der Waals surface area contributed by atoms with Crippen molar-refractivity contribution < 1.29 is 22.3 Å². The Labute approximate surface area is 130 Å². The average molecular weight is 326 g/mol. The Morgan fingerprint density at radius 1 is 1.04 bits per heavy atom. The van der Waals surface area contributed by atoms with E-state index in [4.69, 9.17) is 4.74 Å². The lowest BCUT2D eigenvalue weighted by molar-refractivity contribution is 0.119. The van der Waals surface area contributed by atoms with Gasteiger partial charge in [-0.2, -0.15) is 22.5 Å². The van der Waals surface area contributed by atoms with Gasteiger partial charge in [0, 0.05) is 12.1 Å². The first kappa shape index (κ1) is 15.6. The third-order valence-electron chi connectivity index (χ3n) is 3.77. The highest BCUT2D eigenvalue weighted by Gasteiger charge is 2.22. The van der Waals surface area contributed by atoms with Crippen LogP contribution in [0.25, 0.3) is 0 Å². The highest BCUT2D eigenvalue weighted by molar-refractivity contribution is 5.47. The number of aromatic nitrogens is 1. The molecule has 23 heavy (non-hydrogen) atoms. The van der Waals surface area contributed by atoms with Crippen LogP contribution in [0.2, 0.25) is 0 Å². The summed E-state index contributed by atoms with van der Waals surface area (Å²) < 4.78 is 59.1. The molecular formula is C16H14F4N2O. The van der Waals surface area contributed by atoms with Gasteiger partial charge in [0.15, 0.2) is 0 Å². The normalized spacial score (nSPS) is 14.4. The lowest BCUT2D eigenvalue weighted by Gasteiger charge is -2.27. The SMILES string of the molecule is Fc1nc(F)c(F)c(NCc2ccccc2OC2CCC2)c1F. The van der Waals surface area contributed by atoms with E-state index in [0.29, 0.717) is 11.3 Å². The first-order valence-electron chi connectivity index (χ1n) is 7.24. The molecule has 1 saturated carbocycles. The van der Waals surface area contributed by atoms with Crippen LogP contribution in [0.1, 0.15) is 24.8 Å². The molecule has 1 aliphatic rings. The Morgan fingerprint density at radius 2 is 1.70 bits per heavy atom. The van der Waals surface area contributed by atoms with Gasteiger partial charge in [0.05, 0.1) is 6.10 Å². The van der Waals surface area contributed by atoms with Crippen LogP contribution in [-0.2, 0) is 6.54 Å². The number of nitrogens with one attached hydrogen (secondary N) is 1. The molecule has 2 aromatic rings. The molecule has 1 heterocycles. The Morgan fingerprint density at radius 3 is 2.30 bits per heavy atom. The first-order chi connectivity index (χ1) is 11.1. The molecule has 0 atom stereocenters. The summed E-state index contributed by atoms with van der Waals surface area (Å²) in [5, 5.41) is 2.38. The van der Waals surface area contributed by atoms with Crippen molar-refractivity contribution >= 4 is 5.69 Å². The number of benzene rings is 1. The molecule has 1 aromatic carbocycles.